The highest BCUT2D eigenvalue weighted by Gasteiger charge is 2.33. The van der Waals surface area contributed by atoms with E-state index in [0.29, 0.717) is 5.30 Å². The van der Waals surface area contributed by atoms with Gasteiger partial charge >= 0.3 is 11.4 Å². The number of benzene rings is 2. The van der Waals surface area contributed by atoms with Crippen LogP contribution in [0.4, 0.5) is 11.4 Å². The molecule has 0 saturated carbocycles. The van der Waals surface area contributed by atoms with Gasteiger partial charge in [0.15, 0.2) is 0 Å². The maximum absolute atomic E-state index is 11.2. The molecule has 0 aliphatic carbocycles. The Kier molecular flexibility index (Phi) is 5.61. The van der Waals surface area contributed by atoms with Gasteiger partial charge in [0, 0.05) is 17.4 Å². The van der Waals surface area contributed by atoms with Crippen LogP contribution in [0.15, 0.2) is 48.5 Å². The van der Waals surface area contributed by atoms with Crippen molar-refractivity contribution in [3.63, 3.8) is 0 Å². The molecule has 0 aliphatic rings. The van der Waals surface area contributed by atoms with Crippen LogP contribution in [0.1, 0.15) is 6.92 Å². The van der Waals surface area contributed by atoms with E-state index in [1.807, 2.05) is 0 Å². The fourth-order valence-electron chi connectivity index (χ4n) is 1.95. The molecular formula is C14H13N2O6PS. The normalized spacial score (nSPS) is 13.0. The molecule has 126 valence electrons. The first-order valence-electron chi connectivity index (χ1n) is 6.80. The SMILES string of the molecule is CCOP(=S)(Oc1c([N+](=O)[O-])cccc1[N+](=O)[O-])c1ccccc1. The number of nitrogens with zero attached hydrogens (tertiary/aromatic N) is 2. The van der Waals surface area contributed by atoms with Crippen LogP contribution in [0.3, 0.4) is 0 Å². The summed E-state index contributed by atoms with van der Waals surface area (Å²) < 4.78 is 11.2. The Morgan fingerprint density at radius 2 is 1.54 bits per heavy atom. The largest absolute Gasteiger partial charge is 0.426 e. The van der Waals surface area contributed by atoms with E-state index in [1.54, 1.807) is 37.3 Å². The van der Waals surface area contributed by atoms with Crippen molar-refractivity contribution in [2.24, 2.45) is 0 Å². The molecule has 1 atom stereocenters. The zero-order chi connectivity index (χ0) is 17.7. The third kappa shape index (κ3) is 3.76. The molecule has 2 aromatic carbocycles. The average Bonchev–Trinajstić information content (AvgIpc) is 2.55. The van der Waals surface area contributed by atoms with Gasteiger partial charge in [-0.3, -0.25) is 20.2 Å². The van der Waals surface area contributed by atoms with E-state index in [2.05, 4.69) is 0 Å². The molecule has 0 N–H and O–H groups in total. The molecule has 10 heteroatoms. The summed E-state index contributed by atoms with van der Waals surface area (Å²) in [6, 6.07) is 12.0. The van der Waals surface area contributed by atoms with Gasteiger partial charge in [0.05, 0.1) is 16.5 Å². The summed E-state index contributed by atoms with van der Waals surface area (Å²) in [6.45, 7) is -1.31. The standard InChI is InChI=1S/C14H13N2O6PS/c1-2-21-23(24,11-7-4-3-5-8-11)22-14-12(15(17)18)9-6-10-13(14)16(19)20/h3-10H,2H2,1H3. The molecule has 0 bridgehead atoms. The molecule has 2 aromatic rings. The van der Waals surface area contributed by atoms with E-state index in [4.69, 9.17) is 20.9 Å². The Hall–Kier alpha value is -2.35. The van der Waals surface area contributed by atoms with Gasteiger partial charge in [-0.15, -0.1) is 0 Å². The minimum atomic E-state index is -3.20. The molecule has 0 fully saturated rings. The Bertz CT molecular complexity index is 782. The summed E-state index contributed by atoms with van der Waals surface area (Å²) in [5.74, 6) is -0.492. The Morgan fingerprint density at radius 1 is 1.00 bits per heavy atom. The minimum absolute atomic E-state index is 0.195. The fraction of sp³-hybridized carbons (Fsp3) is 0.143. The van der Waals surface area contributed by atoms with E-state index in [0.717, 1.165) is 12.1 Å². The van der Waals surface area contributed by atoms with Crippen molar-refractivity contribution >= 4 is 35.0 Å². The highest BCUT2D eigenvalue weighted by Crippen LogP contribution is 2.52. The summed E-state index contributed by atoms with van der Waals surface area (Å²) in [4.78, 5) is 20.9. The van der Waals surface area contributed by atoms with Crippen LogP contribution in [0, 0.1) is 20.2 Å². The number of hydrogen-bond acceptors (Lipinski definition) is 7. The molecule has 0 radical (unpaired) electrons. The molecular weight excluding hydrogens is 355 g/mol. The lowest BCUT2D eigenvalue weighted by Gasteiger charge is -2.22. The second-order valence-electron chi connectivity index (χ2n) is 4.48. The van der Waals surface area contributed by atoms with Crippen molar-refractivity contribution in [1.29, 1.82) is 0 Å². The molecule has 0 amide bonds. The number of nitro benzene ring substituents is 2. The van der Waals surface area contributed by atoms with Crippen LogP contribution in [-0.2, 0) is 16.3 Å². The molecule has 24 heavy (non-hydrogen) atoms. The van der Waals surface area contributed by atoms with Crippen LogP contribution >= 0.6 is 6.49 Å². The van der Waals surface area contributed by atoms with E-state index in [1.165, 1.54) is 6.07 Å². The number of nitro groups is 2. The first kappa shape index (κ1) is 18.0. The summed E-state index contributed by atoms with van der Waals surface area (Å²) in [5, 5.41) is 22.9. The summed E-state index contributed by atoms with van der Waals surface area (Å²) >= 11 is 5.46. The molecule has 0 spiro atoms. The van der Waals surface area contributed by atoms with Crippen molar-refractivity contribution < 1.29 is 18.9 Å². The topological polar surface area (TPSA) is 105 Å². The summed E-state index contributed by atoms with van der Waals surface area (Å²) in [6.07, 6.45) is 0. The van der Waals surface area contributed by atoms with Crippen molar-refractivity contribution in [1.82, 2.24) is 0 Å². The predicted molar refractivity (Wildman–Crippen MR) is 92.4 cm³/mol. The lowest BCUT2D eigenvalue weighted by Crippen LogP contribution is -2.13. The zero-order valence-corrected chi connectivity index (χ0v) is 14.2. The Balaban J connectivity index is 2.60. The van der Waals surface area contributed by atoms with Gasteiger partial charge in [0.2, 0.25) is 0 Å². The van der Waals surface area contributed by atoms with Gasteiger partial charge in [-0.2, -0.15) is 0 Å². The monoisotopic (exact) mass is 368 g/mol. The van der Waals surface area contributed by atoms with Gasteiger partial charge in [-0.05, 0) is 36.9 Å². The van der Waals surface area contributed by atoms with Gasteiger partial charge in [0.1, 0.15) is 0 Å². The number of hydrogen-bond donors (Lipinski definition) is 0. The third-order valence-corrected chi connectivity index (χ3v) is 6.07. The smallest absolute Gasteiger partial charge is 0.318 e. The van der Waals surface area contributed by atoms with E-state index >= 15 is 0 Å². The van der Waals surface area contributed by atoms with Crippen molar-refractivity contribution in [2.75, 3.05) is 6.61 Å². The van der Waals surface area contributed by atoms with E-state index in [9.17, 15) is 20.2 Å². The summed E-state index contributed by atoms with van der Waals surface area (Å²) in [5.41, 5.74) is -1.07. The molecule has 2 rings (SSSR count). The van der Waals surface area contributed by atoms with Crippen LogP contribution < -0.4 is 9.83 Å². The van der Waals surface area contributed by atoms with Crippen molar-refractivity contribution in [2.45, 2.75) is 6.92 Å². The predicted octanol–water partition coefficient (Wildman–Crippen LogP) is 3.55. The Labute approximate surface area is 142 Å². The van der Waals surface area contributed by atoms with Gasteiger partial charge < -0.3 is 9.05 Å². The second-order valence-corrected chi connectivity index (χ2v) is 7.88. The van der Waals surface area contributed by atoms with Crippen molar-refractivity contribution in [3.8, 4) is 5.75 Å². The van der Waals surface area contributed by atoms with Crippen LogP contribution in [0.5, 0.6) is 5.75 Å². The first-order valence-corrected chi connectivity index (χ1v) is 9.44. The quantitative estimate of drug-likeness (QED) is 0.418. The molecule has 1 unspecified atom stereocenters. The van der Waals surface area contributed by atoms with Crippen LogP contribution in [0.25, 0.3) is 0 Å². The highest BCUT2D eigenvalue weighted by molar-refractivity contribution is 8.13. The number of rotatable bonds is 7. The van der Waals surface area contributed by atoms with Crippen molar-refractivity contribution in [3.05, 3.63) is 68.8 Å². The van der Waals surface area contributed by atoms with Crippen LogP contribution in [-0.4, -0.2) is 16.5 Å². The van der Waals surface area contributed by atoms with E-state index in [-0.39, 0.29) is 6.61 Å². The lowest BCUT2D eigenvalue weighted by molar-refractivity contribution is -0.395. The molecule has 0 aliphatic heterocycles. The maximum atomic E-state index is 11.2. The number of para-hydroxylation sites is 1. The van der Waals surface area contributed by atoms with Crippen LogP contribution in [0.2, 0.25) is 0 Å². The zero-order valence-electron chi connectivity index (χ0n) is 12.5. The Morgan fingerprint density at radius 3 is 2.00 bits per heavy atom. The molecule has 8 nitrogen and oxygen atoms in total. The summed E-state index contributed by atoms with van der Waals surface area (Å²) in [7, 11) is 0. The lowest BCUT2D eigenvalue weighted by atomic mass is 10.2. The fourth-order valence-corrected chi connectivity index (χ4v) is 4.47. The molecule has 0 aromatic heterocycles. The second kappa shape index (κ2) is 7.48. The highest BCUT2D eigenvalue weighted by atomic mass is 32.5. The van der Waals surface area contributed by atoms with Gasteiger partial charge in [-0.25, -0.2) is 0 Å². The third-order valence-electron chi connectivity index (χ3n) is 2.95. The maximum Gasteiger partial charge on any atom is 0.318 e. The molecule has 0 heterocycles. The molecule has 0 saturated heterocycles. The van der Waals surface area contributed by atoms with Gasteiger partial charge in [-0.1, -0.05) is 18.2 Å². The minimum Gasteiger partial charge on any atom is -0.426 e. The van der Waals surface area contributed by atoms with Gasteiger partial charge in [0.25, 0.3) is 12.2 Å². The van der Waals surface area contributed by atoms with E-state index < -0.39 is 33.5 Å². The first-order chi connectivity index (χ1) is 11.4. The average molecular weight is 368 g/mol.